The van der Waals surface area contributed by atoms with Gasteiger partial charge in [0.25, 0.3) is 5.91 Å². The standard InChI is InChI=1S/C23H27N3O2/c1-17-22(18(2)26(25-17)21-13-8-5-9-14-21)23(27)24-15-10-16-28-19(3)20-11-6-4-7-12-20/h4-9,11-14,19H,10,15-16H2,1-3H3,(H,24,27). The number of para-hydroxylation sites is 1. The van der Waals surface area contributed by atoms with Crippen molar-refractivity contribution in [3.8, 4) is 5.69 Å². The highest BCUT2D eigenvalue weighted by atomic mass is 16.5. The molecule has 0 spiro atoms. The van der Waals surface area contributed by atoms with Gasteiger partial charge in [0.15, 0.2) is 0 Å². The number of carbonyl (C=O) groups is 1. The van der Waals surface area contributed by atoms with E-state index in [9.17, 15) is 4.79 Å². The number of aryl methyl sites for hydroxylation is 1. The van der Waals surface area contributed by atoms with E-state index in [0.29, 0.717) is 18.7 Å². The van der Waals surface area contributed by atoms with Crippen LogP contribution >= 0.6 is 0 Å². The van der Waals surface area contributed by atoms with Crippen LogP contribution in [0.2, 0.25) is 0 Å². The predicted octanol–water partition coefficient (Wildman–Crippen LogP) is 4.39. The van der Waals surface area contributed by atoms with Gasteiger partial charge in [0.05, 0.1) is 28.7 Å². The maximum atomic E-state index is 12.6. The number of nitrogens with one attached hydrogen (secondary N) is 1. The van der Waals surface area contributed by atoms with E-state index in [-0.39, 0.29) is 12.0 Å². The normalized spacial score (nSPS) is 12.0. The summed E-state index contributed by atoms with van der Waals surface area (Å²) in [6.45, 7) is 6.99. The number of carbonyl (C=O) groups excluding carboxylic acids is 1. The molecule has 146 valence electrons. The molecule has 5 nitrogen and oxygen atoms in total. The van der Waals surface area contributed by atoms with E-state index < -0.39 is 0 Å². The van der Waals surface area contributed by atoms with Crippen molar-refractivity contribution in [2.45, 2.75) is 33.3 Å². The molecule has 0 saturated carbocycles. The monoisotopic (exact) mass is 377 g/mol. The zero-order valence-electron chi connectivity index (χ0n) is 16.7. The van der Waals surface area contributed by atoms with Crippen molar-refractivity contribution in [2.75, 3.05) is 13.2 Å². The number of amides is 1. The Bertz CT molecular complexity index is 904. The summed E-state index contributed by atoms with van der Waals surface area (Å²) in [5.74, 6) is -0.0895. The van der Waals surface area contributed by atoms with Gasteiger partial charge in [-0.2, -0.15) is 5.10 Å². The number of hydrogen-bond donors (Lipinski definition) is 1. The molecule has 0 aliphatic heterocycles. The quantitative estimate of drug-likeness (QED) is 0.593. The van der Waals surface area contributed by atoms with Gasteiger partial charge in [-0.05, 0) is 44.9 Å². The molecule has 1 unspecified atom stereocenters. The highest BCUT2D eigenvalue weighted by Gasteiger charge is 2.19. The van der Waals surface area contributed by atoms with Gasteiger partial charge in [0, 0.05) is 13.2 Å². The predicted molar refractivity (Wildman–Crippen MR) is 111 cm³/mol. The molecule has 1 heterocycles. The second kappa shape index (κ2) is 9.33. The molecule has 0 aliphatic carbocycles. The van der Waals surface area contributed by atoms with Crippen LogP contribution in [0.1, 0.15) is 46.8 Å². The van der Waals surface area contributed by atoms with Crippen LogP contribution in [0.25, 0.3) is 5.69 Å². The molecule has 0 radical (unpaired) electrons. The Morgan fingerprint density at radius 2 is 1.71 bits per heavy atom. The highest BCUT2D eigenvalue weighted by molar-refractivity contribution is 5.96. The molecule has 0 aliphatic rings. The third-order valence-electron chi connectivity index (χ3n) is 4.76. The molecule has 0 bridgehead atoms. The summed E-state index contributed by atoms with van der Waals surface area (Å²) in [4.78, 5) is 12.6. The Morgan fingerprint density at radius 1 is 1.07 bits per heavy atom. The first kappa shape index (κ1) is 19.8. The second-order valence-corrected chi connectivity index (χ2v) is 6.83. The first-order valence-corrected chi connectivity index (χ1v) is 9.64. The first-order chi connectivity index (χ1) is 13.6. The van der Waals surface area contributed by atoms with Crippen LogP contribution in [0.5, 0.6) is 0 Å². The Balaban J connectivity index is 1.51. The van der Waals surface area contributed by atoms with Gasteiger partial charge < -0.3 is 10.1 Å². The minimum Gasteiger partial charge on any atom is -0.374 e. The van der Waals surface area contributed by atoms with E-state index in [0.717, 1.165) is 29.1 Å². The third kappa shape index (κ3) is 4.67. The van der Waals surface area contributed by atoms with Crippen LogP contribution in [0.4, 0.5) is 0 Å². The van der Waals surface area contributed by atoms with Crippen molar-refractivity contribution in [3.63, 3.8) is 0 Å². The number of nitrogens with zero attached hydrogens (tertiary/aromatic N) is 2. The number of ether oxygens (including phenoxy) is 1. The maximum Gasteiger partial charge on any atom is 0.255 e. The number of rotatable bonds is 8. The zero-order valence-corrected chi connectivity index (χ0v) is 16.7. The minimum atomic E-state index is -0.0895. The van der Waals surface area contributed by atoms with Crippen LogP contribution in [0, 0.1) is 13.8 Å². The summed E-state index contributed by atoms with van der Waals surface area (Å²) < 4.78 is 7.67. The lowest BCUT2D eigenvalue weighted by Gasteiger charge is -2.13. The van der Waals surface area contributed by atoms with Crippen LogP contribution in [0.3, 0.4) is 0 Å². The zero-order chi connectivity index (χ0) is 19.9. The van der Waals surface area contributed by atoms with Gasteiger partial charge >= 0.3 is 0 Å². The topological polar surface area (TPSA) is 56.2 Å². The fourth-order valence-electron chi connectivity index (χ4n) is 3.23. The first-order valence-electron chi connectivity index (χ1n) is 9.64. The van der Waals surface area contributed by atoms with Crippen LogP contribution in [-0.2, 0) is 4.74 Å². The van der Waals surface area contributed by atoms with Crippen LogP contribution in [-0.4, -0.2) is 28.8 Å². The number of hydrogen-bond acceptors (Lipinski definition) is 3. The summed E-state index contributed by atoms with van der Waals surface area (Å²) in [5, 5.41) is 7.52. The highest BCUT2D eigenvalue weighted by Crippen LogP contribution is 2.18. The second-order valence-electron chi connectivity index (χ2n) is 6.83. The number of benzene rings is 2. The molecule has 1 atom stereocenters. The van der Waals surface area contributed by atoms with Gasteiger partial charge in [-0.1, -0.05) is 48.5 Å². The maximum absolute atomic E-state index is 12.6. The largest absolute Gasteiger partial charge is 0.374 e. The van der Waals surface area contributed by atoms with E-state index in [1.165, 1.54) is 0 Å². The number of aromatic nitrogens is 2. The van der Waals surface area contributed by atoms with Gasteiger partial charge in [-0.3, -0.25) is 4.79 Å². The van der Waals surface area contributed by atoms with E-state index in [4.69, 9.17) is 4.74 Å². The molecule has 1 amide bonds. The summed E-state index contributed by atoms with van der Waals surface area (Å²) in [6, 6.07) is 20.0. The molecule has 1 aromatic heterocycles. The molecule has 2 aromatic carbocycles. The van der Waals surface area contributed by atoms with E-state index >= 15 is 0 Å². The fourth-order valence-corrected chi connectivity index (χ4v) is 3.23. The van der Waals surface area contributed by atoms with Crippen molar-refractivity contribution in [1.82, 2.24) is 15.1 Å². The molecule has 5 heteroatoms. The lowest BCUT2D eigenvalue weighted by Crippen LogP contribution is -2.26. The summed E-state index contributed by atoms with van der Waals surface area (Å²) in [6.07, 6.45) is 0.805. The minimum absolute atomic E-state index is 0.0468. The summed E-state index contributed by atoms with van der Waals surface area (Å²) in [5.41, 5.74) is 4.32. The molecule has 1 N–H and O–H groups in total. The molecular weight excluding hydrogens is 350 g/mol. The van der Waals surface area contributed by atoms with Gasteiger partial charge in [-0.25, -0.2) is 4.68 Å². The van der Waals surface area contributed by atoms with Gasteiger partial charge in [0.2, 0.25) is 0 Å². The molecule has 28 heavy (non-hydrogen) atoms. The average Bonchev–Trinajstić information content (AvgIpc) is 3.03. The Hall–Kier alpha value is -2.92. The SMILES string of the molecule is Cc1nn(-c2ccccc2)c(C)c1C(=O)NCCCOC(C)c1ccccc1. The molecule has 0 saturated heterocycles. The molecule has 3 rings (SSSR count). The molecule has 0 fully saturated rings. The van der Waals surface area contributed by atoms with E-state index in [2.05, 4.69) is 22.5 Å². The van der Waals surface area contributed by atoms with Crippen molar-refractivity contribution < 1.29 is 9.53 Å². The Labute approximate surface area is 166 Å². The van der Waals surface area contributed by atoms with Crippen molar-refractivity contribution in [2.24, 2.45) is 0 Å². The van der Waals surface area contributed by atoms with Crippen molar-refractivity contribution in [3.05, 3.63) is 83.2 Å². The smallest absolute Gasteiger partial charge is 0.255 e. The lowest BCUT2D eigenvalue weighted by atomic mass is 10.1. The summed E-state index contributed by atoms with van der Waals surface area (Å²) >= 11 is 0. The van der Waals surface area contributed by atoms with Crippen molar-refractivity contribution in [1.29, 1.82) is 0 Å². The lowest BCUT2D eigenvalue weighted by molar-refractivity contribution is 0.0635. The summed E-state index contributed by atoms with van der Waals surface area (Å²) in [7, 11) is 0. The van der Waals surface area contributed by atoms with Gasteiger partial charge in [-0.15, -0.1) is 0 Å². The average molecular weight is 377 g/mol. The van der Waals surface area contributed by atoms with Crippen LogP contribution in [0.15, 0.2) is 60.7 Å². The fraction of sp³-hybridized carbons (Fsp3) is 0.304. The van der Waals surface area contributed by atoms with Gasteiger partial charge in [0.1, 0.15) is 0 Å². The Morgan fingerprint density at radius 3 is 2.39 bits per heavy atom. The molecular formula is C23H27N3O2. The van der Waals surface area contributed by atoms with E-state index in [1.807, 2.05) is 74.0 Å². The van der Waals surface area contributed by atoms with E-state index in [1.54, 1.807) is 0 Å². The molecule has 3 aromatic rings. The Kier molecular flexibility index (Phi) is 6.61. The van der Waals surface area contributed by atoms with Crippen LogP contribution < -0.4 is 5.32 Å². The van der Waals surface area contributed by atoms with Crippen molar-refractivity contribution >= 4 is 5.91 Å². The third-order valence-corrected chi connectivity index (χ3v) is 4.76.